The van der Waals surface area contributed by atoms with Crippen molar-refractivity contribution in [2.45, 2.75) is 31.6 Å². The molecular formula is C20H20F3N2O2-. The second kappa shape index (κ2) is 7.90. The Kier molecular flexibility index (Phi) is 5.58. The molecule has 1 saturated heterocycles. The van der Waals surface area contributed by atoms with Crippen LogP contribution in [0.1, 0.15) is 24.0 Å². The highest BCUT2D eigenvalue weighted by molar-refractivity contribution is 5.62. The maximum absolute atomic E-state index is 13.0. The standard InChI is InChI=1S/C20H21F3N2O2/c21-20(22,23)16-6-4-5-15(13-16)14-25(17-7-2-1-3-8-17)18-9-11-24(12-10-18)19(26)27/h1-8,13,18H,9-12,14H2,(H,26,27)/p-1. The molecule has 1 amide bonds. The highest BCUT2D eigenvalue weighted by atomic mass is 19.4. The summed E-state index contributed by atoms with van der Waals surface area (Å²) >= 11 is 0. The lowest BCUT2D eigenvalue weighted by atomic mass is 10.0. The SMILES string of the molecule is O=C([O-])N1CCC(N(Cc2cccc(C(F)(F)F)c2)c2ccccc2)CC1. The molecule has 1 aliphatic heterocycles. The Hall–Kier alpha value is -2.70. The molecule has 1 heterocycles. The normalized spacial score (nSPS) is 15.6. The summed E-state index contributed by atoms with van der Waals surface area (Å²) in [6, 6.07) is 14.8. The Balaban J connectivity index is 1.83. The van der Waals surface area contributed by atoms with Crippen molar-refractivity contribution in [3.8, 4) is 0 Å². The van der Waals surface area contributed by atoms with Crippen LogP contribution in [0.15, 0.2) is 54.6 Å². The minimum atomic E-state index is -4.38. The van der Waals surface area contributed by atoms with Crippen molar-refractivity contribution in [3.05, 3.63) is 65.7 Å². The van der Waals surface area contributed by atoms with Crippen LogP contribution < -0.4 is 10.0 Å². The number of likely N-dealkylation sites (tertiary alicyclic amines) is 1. The molecule has 0 spiro atoms. The molecule has 0 saturated carbocycles. The predicted molar refractivity (Wildman–Crippen MR) is 94.1 cm³/mol. The Bertz CT molecular complexity index is 772. The van der Waals surface area contributed by atoms with Crippen molar-refractivity contribution in [2.75, 3.05) is 18.0 Å². The van der Waals surface area contributed by atoms with Crippen molar-refractivity contribution in [1.82, 2.24) is 4.90 Å². The number of benzene rings is 2. The molecule has 1 fully saturated rings. The number of amides is 1. The van der Waals surface area contributed by atoms with Crippen LogP contribution in [-0.2, 0) is 12.7 Å². The number of carbonyl (C=O) groups is 1. The number of nitrogens with zero attached hydrogens (tertiary/aromatic N) is 2. The number of hydrogen-bond donors (Lipinski definition) is 0. The summed E-state index contributed by atoms with van der Waals surface area (Å²) in [5.41, 5.74) is 0.803. The average molecular weight is 377 g/mol. The predicted octanol–water partition coefficient (Wildman–Crippen LogP) is 3.52. The summed E-state index contributed by atoms with van der Waals surface area (Å²) in [4.78, 5) is 14.3. The van der Waals surface area contributed by atoms with E-state index in [1.807, 2.05) is 30.3 Å². The van der Waals surface area contributed by atoms with Crippen LogP contribution >= 0.6 is 0 Å². The maximum atomic E-state index is 13.0. The Morgan fingerprint density at radius 1 is 1.07 bits per heavy atom. The molecule has 0 bridgehead atoms. The molecular weight excluding hydrogens is 357 g/mol. The molecule has 144 valence electrons. The lowest BCUT2D eigenvalue weighted by molar-refractivity contribution is -0.266. The van der Waals surface area contributed by atoms with E-state index >= 15 is 0 Å². The summed E-state index contributed by atoms with van der Waals surface area (Å²) in [5, 5.41) is 11.0. The Morgan fingerprint density at radius 2 is 1.74 bits per heavy atom. The third-order valence-corrected chi connectivity index (χ3v) is 4.86. The molecule has 0 radical (unpaired) electrons. The summed E-state index contributed by atoms with van der Waals surface area (Å²) in [6.07, 6.45) is -4.37. The van der Waals surface area contributed by atoms with Crippen LogP contribution in [0.3, 0.4) is 0 Å². The van der Waals surface area contributed by atoms with Crippen molar-refractivity contribution in [2.24, 2.45) is 0 Å². The lowest BCUT2D eigenvalue weighted by Crippen LogP contribution is -2.50. The van der Waals surface area contributed by atoms with Gasteiger partial charge in [0.15, 0.2) is 0 Å². The van der Waals surface area contributed by atoms with E-state index in [-0.39, 0.29) is 6.04 Å². The van der Waals surface area contributed by atoms with E-state index in [4.69, 9.17) is 0 Å². The van der Waals surface area contributed by atoms with Gasteiger partial charge in [-0.15, -0.1) is 0 Å². The van der Waals surface area contributed by atoms with E-state index in [0.29, 0.717) is 38.0 Å². The first kappa shape index (κ1) is 19.1. The van der Waals surface area contributed by atoms with E-state index in [1.165, 1.54) is 17.0 Å². The van der Waals surface area contributed by atoms with Gasteiger partial charge in [0.25, 0.3) is 0 Å². The lowest BCUT2D eigenvalue weighted by Gasteiger charge is -2.40. The number of rotatable bonds is 4. The van der Waals surface area contributed by atoms with Crippen molar-refractivity contribution in [3.63, 3.8) is 0 Å². The molecule has 0 aliphatic carbocycles. The van der Waals surface area contributed by atoms with Crippen molar-refractivity contribution in [1.29, 1.82) is 0 Å². The zero-order chi connectivity index (χ0) is 19.4. The first-order chi connectivity index (χ1) is 12.8. The van der Waals surface area contributed by atoms with Gasteiger partial charge in [0, 0.05) is 31.4 Å². The topological polar surface area (TPSA) is 46.6 Å². The number of alkyl halides is 3. The summed E-state index contributed by atoms with van der Waals surface area (Å²) in [7, 11) is 0. The fraction of sp³-hybridized carbons (Fsp3) is 0.350. The van der Waals surface area contributed by atoms with E-state index in [0.717, 1.165) is 11.8 Å². The molecule has 0 aromatic heterocycles. The molecule has 0 unspecified atom stereocenters. The number of carboxylic acid groups (broad SMARTS) is 1. The summed E-state index contributed by atoms with van der Waals surface area (Å²) in [5.74, 6) is 0. The van der Waals surface area contributed by atoms with Crippen LogP contribution in [0.4, 0.5) is 23.7 Å². The average Bonchev–Trinajstić information content (AvgIpc) is 2.66. The molecule has 2 aromatic rings. The van der Waals surface area contributed by atoms with E-state index in [2.05, 4.69) is 4.90 Å². The number of halogens is 3. The second-order valence-corrected chi connectivity index (χ2v) is 6.65. The monoisotopic (exact) mass is 377 g/mol. The van der Waals surface area contributed by atoms with Crippen LogP contribution in [0.25, 0.3) is 0 Å². The largest absolute Gasteiger partial charge is 0.530 e. The quantitative estimate of drug-likeness (QED) is 0.819. The first-order valence-corrected chi connectivity index (χ1v) is 8.78. The molecule has 2 aromatic carbocycles. The number of hydrogen-bond acceptors (Lipinski definition) is 3. The first-order valence-electron chi connectivity index (χ1n) is 8.78. The van der Waals surface area contributed by atoms with Crippen molar-refractivity contribution >= 4 is 11.8 Å². The molecule has 3 rings (SSSR count). The summed E-state index contributed by atoms with van der Waals surface area (Å²) < 4.78 is 39.1. The van der Waals surface area contributed by atoms with Gasteiger partial charge < -0.3 is 19.7 Å². The maximum Gasteiger partial charge on any atom is 0.416 e. The minimum absolute atomic E-state index is 0.0394. The third kappa shape index (κ3) is 4.72. The fourth-order valence-corrected chi connectivity index (χ4v) is 3.45. The Morgan fingerprint density at radius 3 is 2.33 bits per heavy atom. The van der Waals surface area contributed by atoms with Gasteiger partial charge in [0.2, 0.25) is 0 Å². The molecule has 0 N–H and O–H groups in total. The highest BCUT2D eigenvalue weighted by Crippen LogP contribution is 2.31. The number of carbonyl (C=O) groups excluding carboxylic acids is 1. The van der Waals surface area contributed by atoms with Gasteiger partial charge in [-0.05, 0) is 42.7 Å². The summed E-state index contributed by atoms with van der Waals surface area (Å²) in [6.45, 7) is 1.04. The number of para-hydroxylation sites is 1. The van der Waals surface area contributed by atoms with Gasteiger partial charge in [-0.3, -0.25) is 0 Å². The highest BCUT2D eigenvalue weighted by Gasteiger charge is 2.31. The number of piperidine rings is 1. The van der Waals surface area contributed by atoms with Crippen molar-refractivity contribution < 1.29 is 23.1 Å². The smallest absolute Gasteiger partial charge is 0.416 e. The van der Waals surface area contributed by atoms with Gasteiger partial charge >= 0.3 is 6.18 Å². The van der Waals surface area contributed by atoms with E-state index < -0.39 is 17.8 Å². The molecule has 4 nitrogen and oxygen atoms in total. The van der Waals surface area contributed by atoms with Gasteiger partial charge in [0.05, 0.1) is 5.56 Å². The zero-order valence-corrected chi connectivity index (χ0v) is 14.7. The van der Waals surface area contributed by atoms with Gasteiger partial charge in [-0.1, -0.05) is 30.3 Å². The number of anilines is 1. The Labute approximate surface area is 155 Å². The van der Waals surface area contributed by atoms with Gasteiger partial charge in [0.1, 0.15) is 6.09 Å². The molecule has 27 heavy (non-hydrogen) atoms. The van der Waals surface area contributed by atoms with E-state index in [1.54, 1.807) is 6.07 Å². The van der Waals surface area contributed by atoms with Crippen LogP contribution in [0, 0.1) is 0 Å². The van der Waals surface area contributed by atoms with Crippen LogP contribution in [0.2, 0.25) is 0 Å². The zero-order valence-electron chi connectivity index (χ0n) is 14.7. The van der Waals surface area contributed by atoms with Gasteiger partial charge in [-0.25, -0.2) is 0 Å². The third-order valence-electron chi connectivity index (χ3n) is 4.86. The molecule has 0 atom stereocenters. The minimum Gasteiger partial charge on any atom is -0.530 e. The molecule has 1 aliphatic rings. The second-order valence-electron chi connectivity index (χ2n) is 6.65. The van der Waals surface area contributed by atoms with Gasteiger partial charge in [-0.2, -0.15) is 13.2 Å². The molecule has 7 heteroatoms. The fourth-order valence-electron chi connectivity index (χ4n) is 3.45. The van der Waals surface area contributed by atoms with Crippen LogP contribution in [0.5, 0.6) is 0 Å². The van der Waals surface area contributed by atoms with Crippen LogP contribution in [-0.4, -0.2) is 30.1 Å². The van der Waals surface area contributed by atoms with E-state index in [9.17, 15) is 23.1 Å².